The lowest BCUT2D eigenvalue weighted by Gasteiger charge is -2.29. The van der Waals surface area contributed by atoms with Gasteiger partial charge in [0.15, 0.2) is 0 Å². The molecule has 0 radical (unpaired) electrons. The first-order valence-electron chi connectivity index (χ1n) is 8.67. The van der Waals surface area contributed by atoms with Crippen LogP contribution in [0.3, 0.4) is 0 Å². The summed E-state index contributed by atoms with van der Waals surface area (Å²) in [5.74, 6) is 0. The number of benzene rings is 2. The molecule has 0 aliphatic carbocycles. The van der Waals surface area contributed by atoms with Crippen molar-refractivity contribution in [1.29, 1.82) is 0 Å². The summed E-state index contributed by atoms with van der Waals surface area (Å²) in [6, 6.07) is 14.9. The predicted octanol–water partition coefficient (Wildman–Crippen LogP) is 3.57. The number of aromatic nitrogens is 3. The van der Waals surface area contributed by atoms with Gasteiger partial charge < -0.3 is 10.2 Å². The van der Waals surface area contributed by atoms with Crippen LogP contribution in [0.15, 0.2) is 42.5 Å². The van der Waals surface area contributed by atoms with Crippen molar-refractivity contribution in [3.05, 3.63) is 48.0 Å². The van der Waals surface area contributed by atoms with Crippen LogP contribution >= 0.6 is 0 Å². The van der Waals surface area contributed by atoms with Crippen LogP contribution in [0.4, 0.5) is 11.4 Å². The number of aryl methyl sites for hydroxylation is 1. The van der Waals surface area contributed by atoms with Gasteiger partial charge in [0, 0.05) is 38.1 Å². The summed E-state index contributed by atoms with van der Waals surface area (Å²) < 4.78 is 1.84. The number of hydrogen-bond acceptors (Lipinski definition) is 4. The molecule has 0 amide bonds. The average Bonchev–Trinajstić information content (AvgIpc) is 3.03. The minimum atomic E-state index is 0.766. The quantitative estimate of drug-likeness (QED) is 0.798. The maximum absolute atomic E-state index is 4.19. The second kappa shape index (κ2) is 6.51. The molecule has 4 rings (SSSR count). The molecular formula is C19H23N5. The van der Waals surface area contributed by atoms with Crippen LogP contribution in [0.1, 0.15) is 24.8 Å². The second-order valence-corrected chi connectivity index (χ2v) is 6.45. The summed E-state index contributed by atoms with van der Waals surface area (Å²) in [5, 5.41) is 11.9. The van der Waals surface area contributed by atoms with Gasteiger partial charge in [-0.1, -0.05) is 23.4 Å². The minimum absolute atomic E-state index is 0.766. The van der Waals surface area contributed by atoms with Crippen LogP contribution in [0, 0.1) is 0 Å². The molecule has 0 unspecified atom stereocenters. The van der Waals surface area contributed by atoms with E-state index in [1.54, 1.807) is 0 Å². The summed E-state index contributed by atoms with van der Waals surface area (Å²) in [7, 11) is 1.94. The van der Waals surface area contributed by atoms with Crippen LogP contribution < -0.4 is 10.2 Å². The highest BCUT2D eigenvalue weighted by Gasteiger charge is 2.11. The van der Waals surface area contributed by atoms with E-state index in [0.29, 0.717) is 0 Å². The summed E-state index contributed by atoms with van der Waals surface area (Å²) in [6.07, 6.45) is 3.96. The van der Waals surface area contributed by atoms with Crippen LogP contribution in [0.2, 0.25) is 0 Å². The van der Waals surface area contributed by atoms with E-state index in [-0.39, 0.29) is 0 Å². The van der Waals surface area contributed by atoms with Gasteiger partial charge >= 0.3 is 0 Å². The zero-order valence-electron chi connectivity index (χ0n) is 14.1. The molecule has 5 nitrogen and oxygen atoms in total. The molecule has 1 fully saturated rings. The predicted molar refractivity (Wildman–Crippen MR) is 98.3 cm³/mol. The lowest BCUT2D eigenvalue weighted by atomic mass is 10.1. The molecule has 0 bridgehead atoms. The Balaban J connectivity index is 1.52. The molecule has 1 saturated heterocycles. The molecule has 2 heterocycles. The normalized spacial score (nSPS) is 15.0. The van der Waals surface area contributed by atoms with E-state index in [0.717, 1.165) is 23.3 Å². The molecule has 1 N–H and O–H groups in total. The molecule has 3 aromatic rings. The van der Waals surface area contributed by atoms with Crippen molar-refractivity contribution in [2.24, 2.45) is 7.05 Å². The highest BCUT2D eigenvalue weighted by Crippen LogP contribution is 2.24. The Labute approximate surface area is 142 Å². The fraction of sp³-hybridized carbons (Fsp3) is 0.368. The Morgan fingerprint density at radius 2 is 1.88 bits per heavy atom. The molecule has 0 atom stereocenters. The molecule has 0 saturated carbocycles. The van der Waals surface area contributed by atoms with Crippen molar-refractivity contribution < 1.29 is 0 Å². The van der Waals surface area contributed by atoms with E-state index in [4.69, 9.17) is 0 Å². The molecule has 0 spiro atoms. The number of nitrogens with zero attached hydrogens (tertiary/aromatic N) is 4. The van der Waals surface area contributed by atoms with Crippen LogP contribution in [-0.2, 0) is 13.6 Å². The largest absolute Gasteiger partial charge is 0.381 e. The van der Waals surface area contributed by atoms with Crippen molar-refractivity contribution >= 4 is 22.4 Å². The van der Waals surface area contributed by atoms with Gasteiger partial charge in [0.25, 0.3) is 0 Å². The van der Waals surface area contributed by atoms with Crippen LogP contribution in [0.25, 0.3) is 11.0 Å². The maximum Gasteiger partial charge on any atom is 0.113 e. The summed E-state index contributed by atoms with van der Waals surface area (Å²) >= 11 is 0. The van der Waals surface area contributed by atoms with E-state index < -0.39 is 0 Å². The molecule has 5 heteroatoms. The van der Waals surface area contributed by atoms with Gasteiger partial charge in [-0.2, -0.15) is 0 Å². The van der Waals surface area contributed by atoms with Crippen molar-refractivity contribution in [2.45, 2.75) is 25.8 Å². The standard InChI is InChI=1S/C19H23N5/c1-23-19-15(7-5-10-18(19)21-22-23)14-20-16-8-6-9-17(13-16)24-11-3-2-4-12-24/h5-10,13,20H,2-4,11-12,14H2,1H3. The average molecular weight is 321 g/mol. The van der Waals surface area contributed by atoms with Gasteiger partial charge in [0.05, 0.1) is 5.52 Å². The highest BCUT2D eigenvalue weighted by molar-refractivity contribution is 5.78. The van der Waals surface area contributed by atoms with E-state index in [1.165, 1.54) is 43.6 Å². The van der Waals surface area contributed by atoms with Crippen LogP contribution in [-0.4, -0.2) is 28.1 Å². The Morgan fingerprint density at radius 3 is 2.75 bits per heavy atom. The fourth-order valence-electron chi connectivity index (χ4n) is 3.50. The van der Waals surface area contributed by atoms with Crippen LogP contribution in [0.5, 0.6) is 0 Å². The van der Waals surface area contributed by atoms with Gasteiger partial charge in [-0.3, -0.25) is 0 Å². The van der Waals surface area contributed by atoms with Crippen molar-refractivity contribution in [2.75, 3.05) is 23.3 Å². The number of fused-ring (bicyclic) bond motifs is 1. The van der Waals surface area contributed by atoms with Gasteiger partial charge in [-0.25, -0.2) is 4.68 Å². The maximum atomic E-state index is 4.19. The molecule has 1 aromatic heterocycles. The zero-order valence-corrected chi connectivity index (χ0v) is 14.1. The van der Waals surface area contributed by atoms with E-state index in [1.807, 2.05) is 23.9 Å². The van der Waals surface area contributed by atoms with Crippen molar-refractivity contribution in [3.8, 4) is 0 Å². The second-order valence-electron chi connectivity index (χ2n) is 6.45. The number of anilines is 2. The first-order chi connectivity index (χ1) is 11.8. The van der Waals surface area contributed by atoms with Crippen molar-refractivity contribution in [1.82, 2.24) is 15.0 Å². The Morgan fingerprint density at radius 1 is 1.04 bits per heavy atom. The first kappa shape index (κ1) is 15.0. The third-order valence-corrected chi connectivity index (χ3v) is 4.76. The Bertz CT molecular complexity index is 833. The monoisotopic (exact) mass is 321 g/mol. The molecule has 1 aliphatic rings. The van der Waals surface area contributed by atoms with E-state index >= 15 is 0 Å². The topological polar surface area (TPSA) is 46.0 Å². The number of rotatable bonds is 4. The Hall–Kier alpha value is -2.56. The third-order valence-electron chi connectivity index (χ3n) is 4.76. The number of nitrogens with one attached hydrogen (secondary N) is 1. The molecule has 24 heavy (non-hydrogen) atoms. The van der Waals surface area contributed by atoms with E-state index in [2.05, 4.69) is 50.9 Å². The van der Waals surface area contributed by atoms with Gasteiger partial charge in [-0.05, 0) is 49.1 Å². The number of para-hydroxylation sites is 1. The molecular weight excluding hydrogens is 298 g/mol. The molecule has 124 valence electrons. The van der Waals surface area contributed by atoms with Crippen molar-refractivity contribution in [3.63, 3.8) is 0 Å². The summed E-state index contributed by atoms with van der Waals surface area (Å²) in [4.78, 5) is 2.49. The van der Waals surface area contributed by atoms with E-state index in [9.17, 15) is 0 Å². The fourth-order valence-corrected chi connectivity index (χ4v) is 3.50. The van der Waals surface area contributed by atoms with Gasteiger partial charge in [0.2, 0.25) is 0 Å². The molecule has 2 aromatic carbocycles. The number of piperidine rings is 1. The minimum Gasteiger partial charge on any atom is -0.381 e. The first-order valence-corrected chi connectivity index (χ1v) is 8.67. The third kappa shape index (κ3) is 2.94. The molecule has 1 aliphatic heterocycles. The highest BCUT2D eigenvalue weighted by atomic mass is 15.4. The zero-order chi connectivity index (χ0) is 16.4. The lowest BCUT2D eigenvalue weighted by molar-refractivity contribution is 0.578. The lowest BCUT2D eigenvalue weighted by Crippen LogP contribution is -2.29. The summed E-state index contributed by atoms with van der Waals surface area (Å²) in [6.45, 7) is 3.11. The SMILES string of the molecule is Cn1nnc2cccc(CNc3cccc(N4CCCCC4)c3)c21. The number of hydrogen-bond donors (Lipinski definition) is 1. The van der Waals surface area contributed by atoms with Gasteiger partial charge in [0.1, 0.15) is 5.52 Å². The summed E-state index contributed by atoms with van der Waals surface area (Å²) in [5.41, 5.74) is 5.73. The Kier molecular flexibility index (Phi) is 4.07. The smallest absolute Gasteiger partial charge is 0.113 e. The van der Waals surface area contributed by atoms with Gasteiger partial charge in [-0.15, -0.1) is 5.10 Å².